The fraction of sp³-hybridized carbons (Fsp3) is 0.400. The number of carbonyl (C=O) groups is 1. The Morgan fingerprint density at radius 1 is 1.48 bits per heavy atom. The topological polar surface area (TPSA) is 68.0 Å². The maximum atomic E-state index is 13.4. The quantitative estimate of drug-likeness (QED) is 0.938. The van der Waals surface area contributed by atoms with Gasteiger partial charge in [0.05, 0.1) is 0 Å². The van der Waals surface area contributed by atoms with Crippen LogP contribution >= 0.6 is 0 Å². The Bertz CT molecular complexity index is 664. The van der Waals surface area contributed by atoms with Crippen molar-refractivity contribution in [3.05, 3.63) is 47.4 Å². The van der Waals surface area contributed by atoms with Crippen LogP contribution in [-0.4, -0.2) is 22.6 Å². The van der Waals surface area contributed by atoms with Crippen molar-refractivity contribution in [2.75, 3.05) is 6.54 Å². The van der Waals surface area contributed by atoms with Gasteiger partial charge in [-0.05, 0) is 30.5 Å². The van der Waals surface area contributed by atoms with Crippen LogP contribution in [0.1, 0.15) is 41.3 Å². The third kappa shape index (κ3) is 2.66. The van der Waals surface area contributed by atoms with Crippen molar-refractivity contribution in [1.82, 2.24) is 15.5 Å². The number of carbonyl (C=O) groups excluding carboxylic acids is 1. The number of nitrogens with zero attached hydrogens (tertiary/aromatic N) is 2. The minimum Gasteiger partial charge on any atom is -0.348 e. The van der Waals surface area contributed by atoms with Crippen LogP contribution in [0.5, 0.6) is 0 Å². The molecule has 0 aliphatic heterocycles. The summed E-state index contributed by atoms with van der Waals surface area (Å²) in [4.78, 5) is 15.9. The lowest BCUT2D eigenvalue weighted by atomic mass is 9.64. The summed E-state index contributed by atoms with van der Waals surface area (Å²) < 4.78 is 18.2. The van der Waals surface area contributed by atoms with Gasteiger partial charge in [-0.1, -0.05) is 23.7 Å². The van der Waals surface area contributed by atoms with Gasteiger partial charge < -0.3 is 9.84 Å². The van der Waals surface area contributed by atoms with Gasteiger partial charge in [0.15, 0.2) is 0 Å². The number of rotatable bonds is 4. The molecule has 0 unspecified atom stereocenters. The normalized spacial score (nSPS) is 16.3. The molecule has 1 aromatic heterocycles. The number of nitrogens with one attached hydrogen (secondary N) is 1. The minimum atomic E-state index is -0.366. The van der Waals surface area contributed by atoms with E-state index >= 15 is 0 Å². The molecule has 2 aromatic rings. The minimum absolute atomic E-state index is 0.0289. The Hall–Kier alpha value is -2.24. The second kappa shape index (κ2) is 5.27. The summed E-state index contributed by atoms with van der Waals surface area (Å²) in [7, 11) is 0. The summed E-state index contributed by atoms with van der Waals surface area (Å²) in [6.07, 6.45) is 2.94. The summed E-state index contributed by atoms with van der Waals surface area (Å²) in [5.41, 5.74) is 0.745. The Kier molecular flexibility index (Phi) is 3.45. The maximum Gasteiger partial charge on any atom is 0.292 e. The number of halogens is 1. The number of benzene rings is 1. The summed E-state index contributed by atoms with van der Waals surface area (Å²) >= 11 is 0. The number of hydrogen-bond acceptors (Lipinski definition) is 4. The summed E-state index contributed by atoms with van der Waals surface area (Å²) in [6, 6.07) is 6.59. The van der Waals surface area contributed by atoms with Crippen molar-refractivity contribution in [2.45, 2.75) is 31.6 Å². The monoisotopic (exact) mass is 289 g/mol. The Labute approximate surface area is 121 Å². The van der Waals surface area contributed by atoms with Crippen LogP contribution in [0.2, 0.25) is 0 Å². The highest BCUT2D eigenvalue weighted by atomic mass is 19.1. The summed E-state index contributed by atoms with van der Waals surface area (Å²) in [5, 5.41) is 6.42. The van der Waals surface area contributed by atoms with Crippen LogP contribution < -0.4 is 5.32 Å². The molecule has 1 heterocycles. The molecule has 1 amide bonds. The molecule has 3 rings (SSSR count). The van der Waals surface area contributed by atoms with Gasteiger partial charge in [0.2, 0.25) is 5.89 Å². The van der Waals surface area contributed by atoms with Crippen LogP contribution in [0.15, 0.2) is 28.8 Å². The third-order valence-electron chi connectivity index (χ3n) is 4.07. The van der Waals surface area contributed by atoms with Crippen molar-refractivity contribution in [1.29, 1.82) is 0 Å². The molecule has 0 spiro atoms. The second-order valence-electron chi connectivity index (χ2n) is 5.46. The average Bonchev–Trinajstić information content (AvgIpc) is 2.84. The highest BCUT2D eigenvalue weighted by Crippen LogP contribution is 2.43. The number of aryl methyl sites for hydroxylation is 1. The highest BCUT2D eigenvalue weighted by Gasteiger charge is 2.39. The molecular formula is C15H16FN3O2. The summed E-state index contributed by atoms with van der Waals surface area (Å²) in [5.74, 6) is -0.238. The molecule has 1 N–H and O–H groups in total. The van der Waals surface area contributed by atoms with Crippen LogP contribution in [0, 0.1) is 12.7 Å². The number of hydrogen-bond donors (Lipinski definition) is 1. The van der Waals surface area contributed by atoms with Crippen molar-refractivity contribution in [3.8, 4) is 0 Å². The van der Waals surface area contributed by atoms with E-state index < -0.39 is 0 Å². The molecule has 1 saturated carbocycles. The van der Waals surface area contributed by atoms with Crippen LogP contribution in [0.3, 0.4) is 0 Å². The lowest BCUT2D eigenvalue weighted by molar-refractivity contribution is 0.0914. The predicted molar refractivity (Wildman–Crippen MR) is 73.3 cm³/mol. The fourth-order valence-corrected chi connectivity index (χ4v) is 2.71. The van der Waals surface area contributed by atoms with Crippen LogP contribution in [-0.2, 0) is 5.41 Å². The molecule has 0 atom stereocenters. The summed E-state index contributed by atoms with van der Waals surface area (Å²) in [6.45, 7) is 2.08. The third-order valence-corrected chi connectivity index (χ3v) is 4.07. The first kappa shape index (κ1) is 13.7. The Morgan fingerprint density at radius 2 is 2.29 bits per heavy atom. The highest BCUT2D eigenvalue weighted by molar-refractivity contribution is 5.90. The van der Waals surface area contributed by atoms with Gasteiger partial charge in [0.25, 0.3) is 11.7 Å². The zero-order valence-electron chi connectivity index (χ0n) is 11.7. The van der Waals surface area contributed by atoms with Gasteiger partial charge in [-0.2, -0.15) is 4.98 Å². The standard InChI is InChI=1S/C15H16FN3O2/c1-10-18-13(19-21-10)14(20)17-9-15(6-3-7-15)11-4-2-5-12(16)8-11/h2,4-5,8H,3,6-7,9H2,1H3,(H,17,20). The van der Waals surface area contributed by atoms with Gasteiger partial charge in [-0.25, -0.2) is 4.39 Å². The molecule has 0 bridgehead atoms. The van der Waals surface area contributed by atoms with E-state index in [9.17, 15) is 9.18 Å². The van der Waals surface area contributed by atoms with Crippen LogP contribution in [0.4, 0.5) is 4.39 Å². The van der Waals surface area contributed by atoms with E-state index in [4.69, 9.17) is 4.52 Å². The largest absolute Gasteiger partial charge is 0.348 e. The SMILES string of the molecule is Cc1nc(C(=O)NCC2(c3cccc(F)c3)CCC2)no1. The first-order chi connectivity index (χ1) is 10.1. The lowest BCUT2D eigenvalue weighted by Gasteiger charge is -2.42. The molecule has 1 fully saturated rings. The molecule has 1 aliphatic rings. The van der Waals surface area contributed by atoms with Crippen molar-refractivity contribution in [2.24, 2.45) is 0 Å². The van der Waals surface area contributed by atoms with Gasteiger partial charge in [0.1, 0.15) is 5.82 Å². The first-order valence-electron chi connectivity index (χ1n) is 6.94. The van der Waals surface area contributed by atoms with Gasteiger partial charge in [-0.3, -0.25) is 4.79 Å². The molecule has 1 aliphatic carbocycles. The van der Waals surface area contributed by atoms with Gasteiger partial charge >= 0.3 is 0 Å². The van der Waals surface area contributed by atoms with E-state index in [1.165, 1.54) is 6.07 Å². The molecule has 6 heteroatoms. The van der Waals surface area contributed by atoms with Gasteiger partial charge in [0, 0.05) is 18.9 Å². The molecule has 5 nitrogen and oxygen atoms in total. The van der Waals surface area contributed by atoms with E-state index in [-0.39, 0.29) is 23.0 Å². The zero-order valence-corrected chi connectivity index (χ0v) is 11.7. The van der Waals surface area contributed by atoms with E-state index in [2.05, 4.69) is 15.5 Å². The predicted octanol–water partition coefficient (Wildman–Crippen LogP) is 2.37. The average molecular weight is 289 g/mol. The van der Waals surface area contributed by atoms with E-state index in [0.29, 0.717) is 12.4 Å². The van der Waals surface area contributed by atoms with E-state index in [1.54, 1.807) is 19.1 Å². The zero-order chi connectivity index (χ0) is 14.9. The first-order valence-corrected chi connectivity index (χ1v) is 6.94. The lowest BCUT2D eigenvalue weighted by Crippen LogP contribution is -2.45. The van der Waals surface area contributed by atoms with Crippen LogP contribution in [0.25, 0.3) is 0 Å². The van der Waals surface area contributed by atoms with E-state index in [1.807, 2.05) is 6.07 Å². The number of amides is 1. The molecule has 21 heavy (non-hydrogen) atoms. The molecule has 1 aromatic carbocycles. The van der Waals surface area contributed by atoms with Gasteiger partial charge in [-0.15, -0.1) is 0 Å². The fourth-order valence-electron chi connectivity index (χ4n) is 2.71. The van der Waals surface area contributed by atoms with Crippen molar-refractivity contribution in [3.63, 3.8) is 0 Å². The number of aromatic nitrogens is 2. The molecule has 0 radical (unpaired) electrons. The smallest absolute Gasteiger partial charge is 0.292 e. The van der Waals surface area contributed by atoms with Crippen molar-refractivity contribution < 1.29 is 13.7 Å². The van der Waals surface area contributed by atoms with E-state index in [0.717, 1.165) is 24.8 Å². The molecule has 110 valence electrons. The molecule has 0 saturated heterocycles. The second-order valence-corrected chi connectivity index (χ2v) is 5.46. The maximum absolute atomic E-state index is 13.4. The Morgan fingerprint density at radius 3 is 2.86 bits per heavy atom. The molecular weight excluding hydrogens is 273 g/mol. The van der Waals surface area contributed by atoms with Crippen molar-refractivity contribution >= 4 is 5.91 Å². The Balaban J connectivity index is 1.72.